The van der Waals surface area contributed by atoms with Crippen LogP contribution < -0.4 is 27.4 Å². The number of anilines is 1. The summed E-state index contributed by atoms with van der Waals surface area (Å²) in [5.74, 6) is 0.532. The average Bonchev–Trinajstić information content (AvgIpc) is 3.72. The molecule has 62 heavy (non-hydrogen) atoms. The number of methoxy groups -OCH3 is 1. The molecule has 3 fully saturated rings. The van der Waals surface area contributed by atoms with Crippen LogP contribution in [0.15, 0.2) is 90.5 Å². The lowest BCUT2D eigenvalue weighted by atomic mass is 9.86. The van der Waals surface area contributed by atoms with Gasteiger partial charge in [0.1, 0.15) is 17.9 Å². The standard InChI is InChI=1S/C48H63N9O5/c1-33-28-35(11-13-39(33)36-8-6-20-55(31-36)43(45(50)51)30-41(49)40-9-4-5-10-44(40)59)46(60)54-25-18-48(62-3,19-26-54)32-53-22-16-37(17-23-53)56-24-15-34-29-38(12-14-42(34)56)57(21-7-27-58)47(61)52-2/h4-5,9-15,24,27-30,36-37,59H,6-8,16-23,25-26,31-32,49-51H2,1-3H3,(H,52,61)/b41-30-. The minimum atomic E-state index is -0.311. The molecule has 3 amide bonds. The van der Waals surface area contributed by atoms with Crippen molar-refractivity contribution in [1.29, 1.82) is 0 Å². The third-order valence-corrected chi connectivity index (χ3v) is 13.3. The van der Waals surface area contributed by atoms with Crippen molar-refractivity contribution in [2.45, 2.75) is 69.4 Å². The number of allylic oxidation sites excluding steroid dienone is 1. The Morgan fingerprint density at radius 2 is 1.71 bits per heavy atom. The van der Waals surface area contributed by atoms with Crippen LogP contribution in [0, 0.1) is 6.92 Å². The Hall–Kier alpha value is -5.99. The molecule has 14 nitrogen and oxygen atoms in total. The van der Waals surface area contributed by atoms with Crippen molar-refractivity contribution in [1.82, 2.24) is 24.6 Å². The van der Waals surface area contributed by atoms with E-state index in [4.69, 9.17) is 21.9 Å². The second-order valence-electron chi connectivity index (χ2n) is 17.1. The predicted octanol–water partition coefficient (Wildman–Crippen LogP) is 5.61. The van der Waals surface area contributed by atoms with E-state index in [0.29, 0.717) is 54.7 Å². The molecule has 0 saturated carbocycles. The number of phenolic OH excluding ortho intramolecular Hbond substituents is 1. The zero-order valence-electron chi connectivity index (χ0n) is 36.4. The molecular formula is C48H63N9O5. The fourth-order valence-corrected chi connectivity index (χ4v) is 9.81. The fraction of sp³-hybridized carbons (Fsp3) is 0.438. The maximum absolute atomic E-state index is 13.9. The largest absolute Gasteiger partial charge is 0.507 e. The quantitative estimate of drug-likeness (QED) is 0.0836. The number of rotatable bonds is 13. The molecule has 0 bridgehead atoms. The summed E-state index contributed by atoms with van der Waals surface area (Å²) >= 11 is 0. The number of urea groups is 1. The second kappa shape index (κ2) is 19.4. The van der Waals surface area contributed by atoms with Gasteiger partial charge in [0.15, 0.2) is 0 Å². The van der Waals surface area contributed by atoms with Crippen LogP contribution in [0.4, 0.5) is 10.5 Å². The van der Waals surface area contributed by atoms with Crippen molar-refractivity contribution < 1.29 is 24.2 Å². The zero-order valence-corrected chi connectivity index (χ0v) is 36.4. The number of hydrogen-bond donors (Lipinski definition) is 5. The molecule has 4 heterocycles. The SMILES string of the molecule is CNC(=O)N(CCC=O)c1ccc2c(ccn2C2CCN(CC3(OC)CCN(C(=O)c4ccc(C5CCCN(C(/C=C(\N)c6ccccc6O)=C(N)N)C5)c(C)c4)CC3)CC2)c1. The van der Waals surface area contributed by atoms with Crippen molar-refractivity contribution in [2.75, 3.05) is 71.4 Å². The molecule has 0 radical (unpaired) electrons. The zero-order chi connectivity index (χ0) is 44.0. The van der Waals surface area contributed by atoms with Crippen molar-refractivity contribution >= 4 is 40.5 Å². The van der Waals surface area contributed by atoms with Crippen molar-refractivity contribution in [2.24, 2.45) is 17.2 Å². The summed E-state index contributed by atoms with van der Waals surface area (Å²) in [6.45, 7) is 7.91. The van der Waals surface area contributed by atoms with Crippen LogP contribution in [0.2, 0.25) is 0 Å². The summed E-state index contributed by atoms with van der Waals surface area (Å²) in [5.41, 5.74) is 24.9. The highest BCUT2D eigenvalue weighted by atomic mass is 16.5. The molecule has 3 aliphatic rings. The minimum absolute atomic E-state index is 0.0507. The Morgan fingerprint density at radius 1 is 0.952 bits per heavy atom. The van der Waals surface area contributed by atoms with Gasteiger partial charge in [-0.25, -0.2) is 4.79 Å². The molecule has 3 saturated heterocycles. The number of ether oxygens (including phenoxy) is 1. The minimum Gasteiger partial charge on any atom is -0.507 e. The monoisotopic (exact) mass is 845 g/mol. The van der Waals surface area contributed by atoms with Gasteiger partial charge in [0.05, 0.1) is 11.3 Å². The summed E-state index contributed by atoms with van der Waals surface area (Å²) < 4.78 is 8.62. The summed E-state index contributed by atoms with van der Waals surface area (Å²) in [6.07, 6.45) is 10.5. The number of piperidine rings is 3. The van der Waals surface area contributed by atoms with Crippen molar-refractivity contribution in [3.63, 3.8) is 0 Å². The van der Waals surface area contributed by atoms with E-state index in [9.17, 15) is 19.5 Å². The Balaban J connectivity index is 0.928. The van der Waals surface area contributed by atoms with Crippen LogP contribution in [0.25, 0.3) is 16.6 Å². The van der Waals surface area contributed by atoms with Crippen LogP contribution in [0.5, 0.6) is 5.75 Å². The van der Waals surface area contributed by atoms with Gasteiger partial charge in [-0.15, -0.1) is 0 Å². The maximum Gasteiger partial charge on any atom is 0.321 e. The molecule has 1 unspecified atom stereocenters. The number of aldehydes is 1. The number of carbonyl (C=O) groups is 3. The smallest absolute Gasteiger partial charge is 0.321 e. The van der Waals surface area contributed by atoms with E-state index in [-0.39, 0.29) is 41.4 Å². The predicted molar refractivity (Wildman–Crippen MR) is 244 cm³/mol. The van der Waals surface area contributed by atoms with Crippen LogP contribution in [0.3, 0.4) is 0 Å². The summed E-state index contributed by atoms with van der Waals surface area (Å²) in [4.78, 5) is 45.8. The van der Waals surface area contributed by atoms with Gasteiger partial charge in [0.25, 0.3) is 5.91 Å². The highest BCUT2D eigenvalue weighted by Gasteiger charge is 2.39. The van der Waals surface area contributed by atoms with Gasteiger partial charge >= 0.3 is 6.03 Å². The first-order valence-corrected chi connectivity index (χ1v) is 21.9. The van der Waals surface area contributed by atoms with Gasteiger partial charge in [-0.2, -0.15) is 0 Å². The highest BCUT2D eigenvalue weighted by Crippen LogP contribution is 2.35. The van der Waals surface area contributed by atoms with Gasteiger partial charge in [0.2, 0.25) is 0 Å². The number of nitrogens with one attached hydrogen (secondary N) is 1. The van der Waals surface area contributed by atoms with Gasteiger partial charge in [-0.05, 0) is 111 Å². The number of likely N-dealkylation sites (tertiary alicyclic amines) is 3. The number of nitrogens with zero attached hydrogens (tertiary/aromatic N) is 5. The van der Waals surface area contributed by atoms with Crippen molar-refractivity contribution in [3.05, 3.63) is 113 Å². The Bertz CT molecular complexity index is 2300. The normalized spacial score (nSPS) is 18.7. The first-order valence-electron chi connectivity index (χ1n) is 21.9. The number of fused-ring (bicyclic) bond motifs is 1. The molecule has 4 aromatic rings. The molecule has 1 atom stereocenters. The number of benzene rings is 3. The van der Waals surface area contributed by atoms with Gasteiger partial charge in [0, 0.05) is 125 Å². The molecule has 3 aliphatic heterocycles. The first-order chi connectivity index (χ1) is 29.9. The number of hydrogen-bond acceptors (Lipinski definition) is 10. The van der Waals surface area contributed by atoms with E-state index in [1.165, 1.54) is 5.56 Å². The van der Waals surface area contributed by atoms with E-state index in [1.54, 1.807) is 36.2 Å². The Labute approximate surface area is 364 Å². The molecule has 8 N–H and O–H groups in total. The summed E-state index contributed by atoms with van der Waals surface area (Å²) in [6, 6.07) is 21.3. The van der Waals surface area contributed by atoms with E-state index in [1.807, 2.05) is 42.3 Å². The first kappa shape index (κ1) is 44.1. The number of para-hydroxylation sites is 1. The lowest BCUT2D eigenvalue weighted by Gasteiger charge is -2.45. The number of aromatic nitrogens is 1. The Morgan fingerprint density at radius 3 is 2.39 bits per heavy atom. The number of carbonyl (C=O) groups excluding carboxylic acids is 3. The Kier molecular flexibility index (Phi) is 13.8. The molecule has 1 aromatic heterocycles. The third-order valence-electron chi connectivity index (χ3n) is 13.3. The van der Waals surface area contributed by atoms with E-state index in [0.717, 1.165) is 93.1 Å². The van der Waals surface area contributed by atoms with Gasteiger partial charge in [-0.1, -0.05) is 18.2 Å². The van der Waals surface area contributed by atoms with Gasteiger partial charge < -0.3 is 56.4 Å². The molecule has 0 aliphatic carbocycles. The third kappa shape index (κ3) is 9.56. The number of phenols is 1. The molecular weight excluding hydrogens is 783 g/mol. The second-order valence-corrected chi connectivity index (χ2v) is 17.1. The van der Waals surface area contributed by atoms with E-state index >= 15 is 0 Å². The summed E-state index contributed by atoms with van der Waals surface area (Å²) in [5, 5.41) is 14.1. The van der Waals surface area contributed by atoms with E-state index in [2.05, 4.69) is 51.0 Å². The lowest BCUT2D eigenvalue weighted by molar-refractivity contribution is -0.107. The summed E-state index contributed by atoms with van der Waals surface area (Å²) in [7, 11) is 3.40. The number of nitrogens with two attached hydrogens (primary N) is 3. The highest BCUT2D eigenvalue weighted by molar-refractivity contribution is 5.95. The molecule has 0 spiro atoms. The number of amides is 3. The van der Waals surface area contributed by atoms with E-state index < -0.39 is 0 Å². The topological polar surface area (TPSA) is 189 Å². The number of aromatic hydroxyl groups is 1. The maximum atomic E-state index is 13.9. The number of aryl methyl sites for hydroxylation is 1. The van der Waals surface area contributed by atoms with Crippen LogP contribution in [0.1, 0.15) is 84.0 Å². The fourth-order valence-electron chi connectivity index (χ4n) is 9.81. The van der Waals surface area contributed by atoms with Crippen LogP contribution in [-0.2, 0) is 9.53 Å². The van der Waals surface area contributed by atoms with Gasteiger partial charge in [-0.3, -0.25) is 9.69 Å². The molecule has 330 valence electrons. The van der Waals surface area contributed by atoms with Crippen LogP contribution in [-0.4, -0.2) is 115 Å². The molecule has 14 heteroatoms. The molecule has 3 aromatic carbocycles. The molecule has 7 rings (SSSR count). The average molecular weight is 846 g/mol. The van der Waals surface area contributed by atoms with Crippen molar-refractivity contribution in [3.8, 4) is 5.75 Å². The lowest BCUT2D eigenvalue weighted by Crippen LogP contribution is -2.54. The van der Waals surface area contributed by atoms with Crippen LogP contribution >= 0.6 is 0 Å².